The lowest BCUT2D eigenvalue weighted by molar-refractivity contribution is -0.671. The maximum absolute atomic E-state index is 5.38. The molecule has 8 bridgehead atoms. The Bertz CT molecular complexity index is 2530. The Balaban J connectivity index is 1.36. The van der Waals surface area contributed by atoms with E-state index < -0.39 is 0 Å². The van der Waals surface area contributed by atoms with E-state index in [0.717, 1.165) is 90.2 Å². The Hall–Kier alpha value is -6.66. The van der Waals surface area contributed by atoms with Crippen LogP contribution in [0.1, 0.15) is 39.2 Å². The maximum Gasteiger partial charge on any atom is 0.169 e. The van der Waals surface area contributed by atoms with Crippen molar-refractivity contribution in [3.05, 3.63) is 208 Å². The van der Waals surface area contributed by atoms with E-state index in [4.69, 9.17) is 15.0 Å². The Kier molecular flexibility index (Phi) is 7.58. The van der Waals surface area contributed by atoms with Crippen molar-refractivity contribution in [3.63, 3.8) is 0 Å². The minimum absolute atomic E-state index is 0.867. The van der Waals surface area contributed by atoms with Gasteiger partial charge in [0.05, 0.1) is 34.2 Å². The van der Waals surface area contributed by atoms with E-state index >= 15 is 0 Å². The molecule has 5 aliphatic rings. The zero-order valence-corrected chi connectivity index (χ0v) is 29.6. The van der Waals surface area contributed by atoms with Gasteiger partial charge in [0.25, 0.3) is 0 Å². The van der Waals surface area contributed by atoms with E-state index in [9.17, 15) is 0 Å². The Morgan fingerprint density at radius 1 is 0.481 bits per heavy atom. The van der Waals surface area contributed by atoms with Crippen molar-refractivity contribution in [2.45, 2.75) is 13.8 Å². The van der Waals surface area contributed by atoms with Crippen molar-refractivity contribution in [1.82, 2.24) is 9.88 Å². The van der Waals surface area contributed by atoms with Gasteiger partial charge in [-0.1, -0.05) is 59.7 Å². The second-order valence-electron chi connectivity index (χ2n) is 13.7. The molecule has 6 heteroatoms. The molecule has 0 fully saturated rings. The normalized spacial score (nSPS) is 17.6. The third kappa shape index (κ3) is 5.64. The van der Waals surface area contributed by atoms with E-state index in [0.29, 0.717) is 0 Å². The Morgan fingerprint density at radius 2 is 0.904 bits per heavy atom. The van der Waals surface area contributed by atoms with E-state index in [1.165, 1.54) is 11.1 Å². The number of aliphatic imine (C=N–C) groups is 3. The minimum atomic E-state index is 0.867. The topological polar surface area (TPSA) is 60.0 Å². The molecule has 0 unspecified atom stereocenters. The predicted molar refractivity (Wildman–Crippen MR) is 213 cm³/mol. The summed E-state index contributed by atoms with van der Waals surface area (Å²) in [7, 11) is 4.07. The summed E-state index contributed by atoms with van der Waals surface area (Å²) >= 11 is 0. The Labute approximate surface area is 304 Å². The number of fused-ring (bicyclic) bond motifs is 5. The van der Waals surface area contributed by atoms with Crippen molar-refractivity contribution >= 4 is 39.4 Å². The van der Waals surface area contributed by atoms with Gasteiger partial charge < -0.3 is 9.88 Å². The van der Waals surface area contributed by atoms with Gasteiger partial charge in [-0.15, -0.1) is 0 Å². The molecule has 5 aliphatic heterocycles. The molecule has 2 aromatic heterocycles. The summed E-state index contributed by atoms with van der Waals surface area (Å²) in [5.74, 6) is 0. The number of benzene rings is 2. The van der Waals surface area contributed by atoms with Crippen molar-refractivity contribution in [3.8, 4) is 0 Å². The molecular weight excluding hydrogens is 637 g/mol. The highest BCUT2D eigenvalue weighted by Gasteiger charge is 2.27. The molecule has 9 rings (SSSR count). The molecule has 0 atom stereocenters. The first kappa shape index (κ1) is 31.3. The van der Waals surface area contributed by atoms with Gasteiger partial charge in [-0.05, 0) is 96.9 Å². The van der Waals surface area contributed by atoms with Gasteiger partial charge in [-0.2, -0.15) is 0 Å². The maximum atomic E-state index is 5.38. The molecule has 7 heterocycles. The van der Waals surface area contributed by atoms with E-state index in [1.54, 1.807) is 0 Å². The number of aromatic amines is 1. The lowest BCUT2D eigenvalue weighted by Crippen LogP contribution is -2.25. The SMILES string of the molecule is Cc1ccc(C2=C3C=CC(=N3)C(c3ccc(C)cc3)=C3C=CC(=N3)C(=C3C=CN(C)C=C3)c3ccc([nH]3)C(c3cc[n+](C)cc3)=C3C=CC2=N3)cc1. The first-order valence-electron chi connectivity index (χ1n) is 17.5. The average molecular weight is 674 g/mol. The summed E-state index contributed by atoms with van der Waals surface area (Å²) in [6.45, 7) is 4.23. The fourth-order valence-electron chi connectivity index (χ4n) is 7.12. The third-order valence-corrected chi connectivity index (χ3v) is 9.90. The first-order valence-corrected chi connectivity index (χ1v) is 17.5. The standard InChI is InChI=1S/C46H37N6/c1-29-5-9-31(10-6-29)43-35-13-14-36(47-35)44(32-11-7-30(2)8-12-32)38-16-18-40(49-38)46(34-23-27-52(4)28-24-34)42-20-19-41(50-42)45(39-17-15-37(43)48-39)33-21-25-51(3)26-22-33/h5-28,50H,1-4H3/q+1. The fourth-order valence-corrected chi connectivity index (χ4v) is 7.12. The van der Waals surface area contributed by atoms with E-state index in [1.807, 2.05) is 23.6 Å². The molecule has 250 valence electrons. The van der Waals surface area contributed by atoms with Crippen LogP contribution in [-0.2, 0) is 7.05 Å². The lowest BCUT2D eigenvalue weighted by Gasteiger charge is -2.16. The molecule has 0 amide bonds. The summed E-state index contributed by atoms with van der Waals surface area (Å²) in [6.07, 6.45) is 25.4. The van der Waals surface area contributed by atoms with E-state index in [-0.39, 0.29) is 0 Å². The monoisotopic (exact) mass is 673 g/mol. The van der Waals surface area contributed by atoms with Crippen LogP contribution >= 0.6 is 0 Å². The van der Waals surface area contributed by atoms with Gasteiger partial charge in [0.2, 0.25) is 0 Å². The van der Waals surface area contributed by atoms with Crippen molar-refractivity contribution in [1.29, 1.82) is 0 Å². The van der Waals surface area contributed by atoms with E-state index in [2.05, 4.69) is 165 Å². The minimum Gasteiger partial charge on any atom is -0.357 e. The molecule has 1 N–H and O–H groups in total. The van der Waals surface area contributed by atoms with Crippen LogP contribution in [0, 0.1) is 13.8 Å². The quantitative estimate of drug-likeness (QED) is 0.217. The zero-order chi connectivity index (χ0) is 35.3. The summed E-state index contributed by atoms with van der Waals surface area (Å²) in [5, 5.41) is 0. The van der Waals surface area contributed by atoms with Crippen molar-refractivity contribution in [2.75, 3.05) is 7.05 Å². The highest BCUT2D eigenvalue weighted by Crippen LogP contribution is 2.38. The van der Waals surface area contributed by atoms with Gasteiger partial charge in [0.1, 0.15) is 7.05 Å². The third-order valence-electron chi connectivity index (χ3n) is 9.90. The van der Waals surface area contributed by atoms with Crippen LogP contribution < -0.4 is 4.57 Å². The van der Waals surface area contributed by atoms with Crippen LogP contribution in [0.5, 0.6) is 0 Å². The van der Waals surface area contributed by atoms with Crippen molar-refractivity contribution < 1.29 is 4.57 Å². The second kappa shape index (κ2) is 12.6. The van der Waals surface area contributed by atoms with Gasteiger partial charge in [-0.25, -0.2) is 19.5 Å². The van der Waals surface area contributed by atoms with Gasteiger partial charge in [0, 0.05) is 65.3 Å². The number of pyridine rings is 1. The van der Waals surface area contributed by atoms with Crippen LogP contribution in [0.4, 0.5) is 0 Å². The average Bonchev–Trinajstić information content (AvgIpc) is 3.99. The van der Waals surface area contributed by atoms with Crippen LogP contribution in [0.15, 0.2) is 184 Å². The number of allylic oxidation sites excluding steroid dienone is 12. The first-order chi connectivity index (χ1) is 25.4. The number of aromatic nitrogens is 2. The molecule has 2 aromatic carbocycles. The molecule has 0 saturated carbocycles. The van der Waals surface area contributed by atoms with Crippen LogP contribution in [0.2, 0.25) is 0 Å². The number of hydrogen-bond donors (Lipinski definition) is 1. The fraction of sp³-hybridized carbons (Fsp3) is 0.0870. The highest BCUT2D eigenvalue weighted by atomic mass is 15.0. The van der Waals surface area contributed by atoms with Crippen LogP contribution in [0.3, 0.4) is 0 Å². The predicted octanol–water partition coefficient (Wildman–Crippen LogP) is 8.81. The zero-order valence-electron chi connectivity index (χ0n) is 29.6. The molecule has 6 nitrogen and oxygen atoms in total. The van der Waals surface area contributed by atoms with Crippen LogP contribution in [-0.4, -0.2) is 34.1 Å². The highest BCUT2D eigenvalue weighted by molar-refractivity contribution is 6.37. The summed E-state index contributed by atoms with van der Waals surface area (Å²) in [5.41, 5.74) is 17.9. The molecule has 0 saturated heterocycles. The number of hydrogen-bond acceptors (Lipinski definition) is 4. The molecule has 0 spiro atoms. The summed E-state index contributed by atoms with van der Waals surface area (Å²) in [4.78, 5) is 22.0. The van der Waals surface area contributed by atoms with Crippen LogP contribution in [0.25, 0.3) is 22.3 Å². The number of H-pyrrole nitrogens is 1. The number of aryl methyl sites for hydroxylation is 3. The van der Waals surface area contributed by atoms with Gasteiger partial charge in [-0.3, -0.25) is 0 Å². The second-order valence-corrected chi connectivity index (χ2v) is 13.7. The van der Waals surface area contributed by atoms with Crippen molar-refractivity contribution in [2.24, 2.45) is 22.0 Å². The lowest BCUT2D eigenvalue weighted by atomic mass is 9.97. The molecule has 0 radical (unpaired) electrons. The number of nitrogens with zero attached hydrogens (tertiary/aromatic N) is 5. The molecular formula is C46H37N6+. The summed E-state index contributed by atoms with van der Waals surface area (Å²) < 4.78 is 2.05. The summed E-state index contributed by atoms with van der Waals surface area (Å²) in [6, 6.07) is 25.9. The number of nitrogens with one attached hydrogen (secondary N) is 1. The smallest absolute Gasteiger partial charge is 0.169 e. The molecule has 52 heavy (non-hydrogen) atoms. The molecule has 4 aromatic rings. The van der Waals surface area contributed by atoms with Gasteiger partial charge in [0.15, 0.2) is 12.4 Å². The Morgan fingerprint density at radius 3 is 1.40 bits per heavy atom. The number of rotatable bonds is 3. The largest absolute Gasteiger partial charge is 0.357 e. The molecule has 0 aliphatic carbocycles. The van der Waals surface area contributed by atoms with Gasteiger partial charge >= 0.3 is 0 Å².